The van der Waals surface area contributed by atoms with Crippen LogP contribution in [0.1, 0.15) is 44.6 Å². The van der Waals surface area contributed by atoms with Gasteiger partial charge < -0.3 is 14.8 Å². The lowest BCUT2D eigenvalue weighted by atomic mass is 9.83. The van der Waals surface area contributed by atoms with E-state index in [9.17, 15) is 10.1 Å². The van der Waals surface area contributed by atoms with Gasteiger partial charge in [-0.2, -0.15) is 5.26 Å². The molecule has 23 heavy (non-hydrogen) atoms. The first-order valence-electron chi connectivity index (χ1n) is 8.04. The number of amides is 1. The minimum atomic E-state index is -0.746. The van der Waals surface area contributed by atoms with E-state index in [0.29, 0.717) is 24.3 Å². The summed E-state index contributed by atoms with van der Waals surface area (Å²) in [7, 11) is 1.57. The minimum Gasteiger partial charge on any atom is -0.493 e. The second-order valence-electron chi connectivity index (χ2n) is 6.16. The Morgan fingerprint density at radius 2 is 2.00 bits per heavy atom. The maximum absolute atomic E-state index is 12.4. The molecule has 0 spiro atoms. The molecule has 124 valence electrons. The van der Waals surface area contributed by atoms with Gasteiger partial charge in [0, 0.05) is 0 Å². The fourth-order valence-electron chi connectivity index (χ4n) is 2.87. The number of benzene rings is 1. The third-order valence-corrected chi connectivity index (χ3v) is 4.28. The lowest BCUT2D eigenvalue weighted by Crippen LogP contribution is -2.52. The van der Waals surface area contributed by atoms with Crippen molar-refractivity contribution < 1.29 is 14.3 Å². The number of rotatable bonds is 5. The lowest BCUT2D eigenvalue weighted by molar-refractivity contribution is -0.129. The zero-order valence-electron chi connectivity index (χ0n) is 14.0. The van der Waals surface area contributed by atoms with E-state index < -0.39 is 11.6 Å². The van der Waals surface area contributed by atoms with Gasteiger partial charge in [0.1, 0.15) is 5.54 Å². The molecule has 5 heteroatoms. The summed E-state index contributed by atoms with van der Waals surface area (Å²) in [5.74, 6) is 0.851. The van der Waals surface area contributed by atoms with Crippen LogP contribution in [0.25, 0.3) is 0 Å². The highest BCUT2D eigenvalue weighted by Crippen LogP contribution is 2.30. The van der Waals surface area contributed by atoms with Crippen LogP contribution in [0.15, 0.2) is 18.2 Å². The monoisotopic (exact) mass is 316 g/mol. The maximum atomic E-state index is 12.4. The normalized spacial score (nSPS) is 17.7. The van der Waals surface area contributed by atoms with E-state index in [2.05, 4.69) is 11.4 Å². The smallest absolute Gasteiger partial charge is 0.262 e. The lowest BCUT2D eigenvalue weighted by Gasteiger charge is -2.32. The van der Waals surface area contributed by atoms with Gasteiger partial charge in [0.15, 0.2) is 17.6 Å². The molecular formula is C18H24N2O3. The Kier molecular flexibility index (Phi) is 5.49. The predicted octanol–water partition coefficient (Wildman–Crippen LogP) is 3.11. The number of nitrogens with one attached hydrogen (secondary N) is 1. The molecule has 1 amide bonds. The van der Waals surface area contributed by atoms with Crippen molar-refractivity contribution in [3.63, 3.8) is 0 Å². The average Bonchev–Trinajstić information content (AvgIpc) is 2.57. The minimum absolute atomic E-state index is 0.268. The fourth-order valence-corrected chi connectivity index (χ4v) is 2.87. The summed E-state index contributed by atoms with van der Waals surface area (Å²) in [6.45, 7) is 3.64. The van der Waals surface area contributed by atoms with Gasteiger partial charge in [0.2, 0.25) is 0 Å². The molecule has 5 nitrogen and oxygen atoms in total. The van der Waals surface area contributed by atoms with Crippen molar-refractivity contribution >= 4 is 5.91 Å². The van der Waals surface area contributed by atoms with E-state index >= 15 is 0 Å². The first kappa shape index (κ1) is 17.1. The quantitative estimate of drug-likeness (QED) is 0.906. The molecule has 1 atom stereocenters. The highest BCUT2D eigenvalue weighted by atomic mass is 16.5. The van der Waals surface area contributed by atoms with Gasteiger partial charge in [0.05, 0.1) is 13.2 Å². The summed E-state index contributed by atoms with van der Waals surface area (Å²) < 4.78 is 11.0. The molecule has 0 heterocycles. The summed E-state index contributed by atoms with van der Waals surface area (Å²) in [5.41, 5.74) is 0.307. The number of methoxy groups -OCH3 is 1. The summed E-state index contributed by atoms with van der Waals surface area (Å²) in [6.07, 6.45) is 3.76. The van der Waals surface area contributed by atoms with Gasteiger partial charge in [-0.25, -0.2) is 0 Å². The maximum Gasteiger partial charge on any atom is 0.262 e. The number of nitrogens with zero attached hydrogens (tertiary/aromatic N) is 1. The van der Waals surface area contributed by atoms with Crippen molar-refractivity contribution in [2.75, 3.05) is 7.11 Å². The Bertz CT molecular complexity index is 601. The van der Waals surface area contributed by atoms with Crippen molar-refractivity contribution in [1.29, 1.82) is 5.26 Å². The Morgan fingerprint density at radius 3 is 2.61 bits per heavy atom. The number of carbonyl (C=O) groups is 1. The molecule has 0 bridgehead atoms. The molecule has 1 aromatic carbocycles. The number of ether oxygens (including phenoxy) is 2. The highest BCUT2D eigenvalue weighted by molar-refractivity contribution is 5.82. The van der Waals surface area contributed by atoms with Crippen molar-refractivity contribution in [2.45, 2.75) is 57.6 Å². The van der Waals surface area contributed by atoms with Crippen LogP contribution in [0.2, 0.25) is 0 Å². The van der Waals surface area contributed by atoms with Crippen LogP contribution >= 0.6 is 0 Å². The van der Waals surface area contributed by atoms with Crippen molar-refractivity contribution in [2.24, 2.45) is 0 Å². The molecule has 1 aliphatic rings. The van der Waals surface area contributed by atoms with E-state index in [1.54, 1.807) is 20.1 Å². The van der Waals surface area contributed by atoms with Crippen LogP contribution in [0, 0.1) is 18.3 Å². The van der Waals surface area contributed by atoms with E-state index in [-0.39, 0.29) is 5.91 Å². The standard InChI is InChI=1S/C18H24N2O3/c1-13-7-8-15(16(11-13)22-3)23-14(2)17(21)20-18(12-19)9-5-4-6-10-18/h7-8,11,14H,4-6,9-10H2,1-3H3,(H,20,21). The van der Waals surface area contributed by atoms with E-state index in [4.69, 9.17) is 9.47 Å². The SMILES string of the molecule is COc1cc(C)ccc1OC(C)C(=O)NC1(C#N)CCCCC1. The summed E-state index contributed by atoms with van der Waals surface area (Å²) in [6, 6.07) is 7.84. The van der Waals surface area contributed by atoms with Crippen LogP contribution < -0.4 is 14.8 Å². The first-order valence-corrected chi connectivity index (χ1v) is 8.04. The van der Waals surface area contributed by atoms with Crippen LogP contribution in [0.4, 0.5) is 0 Å². The Hall–Kier alpha value is -2.22. The average molecular weight is 316 g/mol. The van der Waals surface area contributed by atoms with Gasteiger partial charge in [0.25, 0.3) is 5.91 Å². The van der Waals surface area contributed by atoms with Crippen LogP contribution in [-0.4, -0.2) is 24.7 Å². The topological polar surface area (TPSA) is 71.3 Å². The number of hydrogen-bond donors (Lipinski definition) is 1. The largest absolute Gasteiger partial charge is 0.493 e. The van der Waals surface area contributed by atoms with E-state index in [1.807, 2.05) is 19.1 Å². The van der Waals surface area contributed by atoms with Gasteiger partial charge in [-0.3, -0.25) is 4.79 Å². The third-order valence-electron chi connectivity index (χ3n) is 4.28. The van der Waals surface area contributed by atoms with E-state index in [1.165, 1.54) is 0 Å². The molecule has 1 fully saturated rings. The predicted molar refractivity (Wildman–Crippen MR) is 87.4 cm³/mol. The second kappa shape index (κ2) is 7.36. The molecule has 1 unspecified atom stereocenters. The fraction of sp³-hybridized carbons (Fsp3) is 0.556. The Morgan fingerprint density at radius 1 is 1.30 bits per heavy atom. The molecule has 2 rings (SSSR count). The molecule has 0 aliphatic heterocycles. The number of hydrogen-bond acceptors (Lipinski definition) is 4. The van der Waals surface area contributed by atoms with Gasteiger partial charge in [-0.05, 0) is 44.4 Å². The van der Waals surface area contributed by atoms with Crippen LogP contribution in [-0.2, 0) is 4.79 Å². The molecular weight excluding hydrogens is 292 g/mol. The third kappa shape index (κ3) is 4.16. The molecule has 1 N–H and O–H groups in total. The Balaban J connectivity index is 2.04. The molecule has 1 saturated carbocycles. The first-order chi connectivity index (χ1) is 11.0. The zero-order valence-corrected chi connectivity index (χ0v) is 14.0. The summed E-state index contributed by atoms with van der Waals surface area (Å²) in [4.78, 5) is 12.4. The summed E-state index contributed by atoms with van der Waals surface area (Å²) in [5, 5.41) is 12.3. The number of nitriles is 1. The van der Waals surface area contributed by atoms with Gasteiger partial charge >= 0.3 is 0 Å². The second-order valence-corrected chi connectivity index (χ2v) is 6.16. The highest BCUT2D eigenvalue weighted by Gasteiger charge is 2.35. The molecule has 0 radical (unpaired) electrons. The van der Waals surface area contributed by atoms with Gasteiger partial charge in [-0.15, -0.1) is 0 Å². The zero-order chi connectivity index (χ0) is 16.9. The Labute approximate surface area is 137 Å². The van der Waals surface area contributed by atoms with Crippen molar-refractivity contribution in [3.05, 3.63) is 23.8 Å². The molecule has 0 aromatic heterocycles. The molecule has 1 aliphatic carbocycles. The number of aryl methyl sites for hydroxylation is 1. The number of carbonyl (C=O) groups excluding carboxylic acids is 1. The van der Waals surface area contributed by atoms with E-state index in [0.717, 1.165) is 24.8 Å². The van der Waals surface area contributed by atoms with Gasteiger partial charge in [-0.1, -0.05) is 25.3 Å². The van der Waals surface area contributed by atoms with Crippen molar-refractivity contribution in [3.8, 4) is 17.6 Å². The molecule has 1 aromatic rings. The molecule has 0 saturated heterocycles. The van der Waals surface area contributed by atoms with Crippen molar-refractivity contribution in [1.82, 2.24) is 5.32 Å². The van der Waals surface area contributed by atoms with Crippen LogP contribution in [0.3, 0.4) is 0 Å². The summed E-state index contributed by atoms with van der Waals surface area (Å²) >= 11 is 0. The van der Waals surface area contributed by atoms with Crippen LogP contribution in [0.5, 0.6) is 11.5 Å².